The highest BCUT2D eigenvalue weighted by atomic mass is 16.4. The fraction of sp³-hybridized carbons (Fsp3) is 0.400. The maximum absolute atomic E-state index is 12.9. The molecule has 1 saturated heterocycles. The molecule has 7 nitrogen and oxygen atoms in total. The lowest BCUT2D eigenvalue weighted by atomic mass is 10.0. The van der Waals surface area contributed by atoms with E-state index in [1.807, 2.05) is 28.8 Å². The number of hydrogen-bond acceptors (Lipinski definition) is 6. The number of imidazole rings is 1. The van der Waals surface area contributed by atoms with Crippen LogP contribution in [-0.2, 0) is 6.42 Å². The highest BCUT2D eigenvalue weighted by Gasteiger charge is 2.24. The number of rotatable bonds is 3. The Kier molecular flexibility index (Phi) is 5.01. The van der Waals surface area contributed by atoms with Crippen molar-refractivity contribution in [3.63, 3.8) is 0 Å². The summed E-state index contributed by atoms with van der Waals surface area (Å²) in [5.74, 6) is 0.833. The van der Waals surface area contributed by atoms with Crippen LogP contribution in [0, 0.1) is 13.8 Å². The Morgan fingerprint density at radius 3 is 2.78 bits per heavy atom. The number of hydrogen-bond donors (Lipinski definition) is 1. The Balaban J connectivity index is 1.58. The second-order valence-electron chi connectivity index (χ2n) is 8.95. The summed E-state index contributed by atoms with van der Waals surface area (Å²) in [5.41, 5.74) is 5.55. The molecule has 1 aliphatic heterocycles. The van der Waals surface area contributed by atoms with E-state index in [0.717, 1.165) is 41.9 Å². The molecule has 2 atom stereocenters. The molecule has 32 heavy (non-hydrogen) atoms. The predicted octanol–water partition coefficient (Wildman–Crippen LogP) is 3.87. The molecule has 5 heterocycles. The van der Waals surface area contributed by atoms with Gasteiger partial charge >= 0.3 is 5.63 Å². The highest BCUT2D eigenvalue weighted by molar-refractivity contribution is 5.80. The van der Waals surface area contributed by atoms with Crippen LogP contribution in [0.1, 0.15) is 37.5 Å². The zero-order valence-corrected chi connectivity index (χ0v) is 19.3. The van der Waals surface area contributed by atoms with E-state index < -0.39 is 5.63 Å². The van der Waals surface area contributed by atoms with E-state index in [9.17, 15) is 4.79 Å². The average Bonchev–Trinajstić information content (AvgIpc) is 3.18. The Labute approximate surface area is 187 Å². The molecule has 0 bridgehead atoms. The zero-order valence-electron chi connectivity index (χ0n) is 19.3. The maximum atomic E-state index is 12.9. The van der Waals surface area contributed by atoms with Gasteiger partial charge in [-0.3, -0.25) is 0 Å². The minimum atomic E-state index is -0.419. The van der Waals surface area contributed by atoms with Crippen molar-refractivity contribution >= 4 is 22.6 Å². The van der Waals surface area contributed by atoms with E-state index in [1.165, 1.54) is 11.1 Å². The van der Waals surface area contributed by atoms with Crippen LogP contribution in [0.25, 0.3) is 28.0 Å². The number of anilines is 1. The van der Waals surface area contributed by atoms with Gasteiger partial charge in [-0.25, -0.2) is 9.78 Å². The summed E-state index contributed by atoms with van der Waals surface area (Å²) in [6, 6.07) is 6.52. The summed E-state index contributed by atoms with van der Waals surface area (Å²) in [7, 11) is 0. The van der Waals surface area contributed by atoms with Crippen LogP contribution in [0.5, 0.6) is 0 Å². The second kappa shape index (κ2) is 7.74. The van der Waals surface area contributed by atoms with Crippen LogP contribution in [-0.4, -0.2) is 39.5 Å². The van der Waals surface area contributed by atoms with Crippen LogP contribution in [0.3, 0.4) is 0 Å². The average molecular weight is 432 g/mol. The molecular weight excluding hydrogens is 402 g/mol. The molecule has 4 aromatic rings. The monoisotopic (exact) mass is 431 g/mol. The fourth-order valence-electron chi connectivity index (χ4n) is 4.83. The number of piperazine rings is 1. The normalized spacial score (nSPS) is 19.2. The van der Waals surface area contributed by atoms with Gasteiger partial charge in [0.25, 0.3) is 0 Å². The lowest BCUT2D eigenvalue weighted by molar-refractivity contribution is 0.422. The molecule has 0 amide bonds. The minimum Gasteiger partial charge on any atom is -0.403 e. The summed E-state index contributed by atoms with van der Waals surface area (Å²) in [6.07, 6.45) is 4.93. The van der Waals surface area contributed by atoms with Gasteiger partial charge in [0.1, 0.15) is 11.5 Å². The molecular formula is C25H29N5O2. The van der Waals surface area contributed by atoms with Crippen molar-refractivity contribution in [2.75, 3.05) is 18.0 Å². The van der Waals surface area contributed by atoms with Gasteiger partial charge in [0.2, 0.25) is 5.71 Å². The topological polar surface area (TPSA) is 75.7 Å². The molecule has 1 N–H and O–H groups in total. The first-order valence-corrected chi connectivity index (χ1v) is 11.3. The maximum Gasteiger partial charge on any atom is 0.347 e. The van der Waals surface area contributed by atoms with Crippen molar-refractivity contribution in [2.24, 2.45) is 0 Å². The molecule has 0 saturated carbocycles. The first-order valence-electron chi connectivity index (χ1n) is 11.3. The number of nitrogens with one attached hydrogen (secondary N) is 1. The standard InChI is InChI=1S/C25H29N5O2/c1-6-19-14(2)11-29-13-21(27-23(29)17(19)5)20-9-18-7-8-22(28-24(18)32-25(20)31)30-12-15(3)26-10-16(30)4/h7-9,11,13,15-16,26H,6,10,12H2,1-5H3. The van der Waals surface area contributed by atoms with Crippen LogP contribution >= 0.6 is 0 Å². The van der Waals surface area contributed by atoms with Gasteiger partial charge in [0, 0.05) is 43.0 Å². The molecule has 166 valence electrons. The van der Waals surface area contributed by atoms with Gasteiger partial charge in [0.15, 0.2) is 0 Å². The van der Waals surface area contributed by atoms with E-state index in [-0.39, 0.29) is 0 Å². The fourth-order valence-corrected chi connectivity index (χ4v) is 4.83. The molecule has 0 aromatic carbocycles. The second-order valence-corrected chi connectivity index (χ2v) is 8.95. The highest BCUT2D eigenvalue weighted by Crippen LogP contribution is 2.26. The molecule has 5 rings (SSSR count). The largest absolute Gasteiger partial charge is 0.403 e. The number of pyridine rings is 2. The van der Waals surface area contributed by atoms with Crippen LogP contribution in [0.4, 0.5) is 5.82 Å². The van der Waals surface area contributed by atoms with Crippen molar-refractivity contribution in [3.05, 3.63) is 57.7 Å². The van der Waals surface area contributed by atoms with Crippen molar-refractivity contribution in [2.45, 2.75) is 53.1 Å². The Bertz CT molecular complexity index is 1390. The summed E-state index contributed by atoms with van der Waals surface area (Å²) in [6.45, 7) is 12.4. The Hall–Kier alpha value is -3.19. The lowest BCUT2D eigenvalue weighted by Gasteiger charge is -2.38. The van der Waals surface area contributed by atoms with Crippen molar-refractivity contribution in [1.29, 1.82) is 0 Å². The summed E-state index contributed by atoms with van der Waals surface area (Å²) < 4.78 is 7.67. The van der Waals surface area contributed by atoms with Crippen molar-refractivity contribution in [3.8, 4) is 11.3 Å². The van der Waals surface area contributed by atoms with Gasteiger partial charge in [-0.2, -0.15) is 4.98 Å². The zero-order chi connectivity index (χ0) is 22.6. The van der Waals surface area contributed by atoms with Gasteiger partial charge in [-0.15, -0.1) is 0 Å². The molecule has 0 aliphatic carbocycles. The van der Waals surface area contributed by atoms with E-state index >= 15 is 0 Å². The van der Waals surface area contributed by atoms with Crippen molar-refractivity contribution in [1.82, 2.24) is 19.7 Å². The predicted molar refractivity (Wildman–Crippen MR) is 128 cm³/mol. The summed E-state index contributed by atoms with van der Waals surface area (Å²) in [5, 5.41) is 4.27. The third-order valence-electron chi connectivity index (χ3n) is 6.60. The van der Waals surface area contributed by atoms with Crippen LogP contribution in [0.15, 0.2) is 39.8 Å². The van der Waals surface area contributed by atoms with Crippen molar-refractivity contribution < 1.29 is 4.42 Å². The van der Waals surface area contributed by atoms with E-state index in [1.54, 1.807) is 0 Å². The smallest absolute Gasteiger partial charge is 0.347 e. The molecule has 1 fully saturated rings. The molecule has 2 unspecified atom stereocenters. The molecule has 0 spiro atoms. The van der Waals surface area contributed by atoms with Gasteiger partial charge in [0.05, 0.1) is 11.3 Å². The van der Waals surface area contributed by atoms with E-state index in [0.29, 0.717) is 29.1 Å². The Morgan fingerprint density at radius 1 is 1.19 bits per heavy atom. The number of aryl methyl sites for hydroxylation is 2. The SMILES string of the molecule is CCc1c(C)cn2cc(-c3cc4ccc(N5CC(C)NCC5C)nc4oc3=O)nc2c1C. The number of fused-ring (bicyclic) bond motifs is 2. The van der Waals surface area contributed by atoms with E-state index in [2.05, 4.69) is 56.0 Å². The summed E-state index contributed by atoms with van der Waals surface area (Å²) >= 11 is 0. The molecule has 1 aliphatic rings. The van der Waals surface area contributed by atoms with Gasteiger partial charge in [-0.1, -0.05) is 6.92 Å². The summed E-state index contributed by atoms with van der Waals surface area (Å²) in [4.78, 5) is 24.6. The third-order valence-corrected chi connectivity index (χ3v) is 6.60. The van der Waals surface area contributed by atoms with Crippen LogP contribution < -0.4 is 15.8 Å². The number of aromatic nitrogens is 3. The first kappa shape index (κ1) is 20.7. The number of nitrogens with zero attached hydrogens (tertiary/aromatic N) is 4. The van der Waals surface area contributed by atoms with Crippen LogP contribution in [0.2, 0.25) is 0 Å². The van der Waals surface area contributed by atoms with E-state index in [4.69, 9.17) is 9.40 Å². The third kappa shape index (κ3) is 3.37. The first-order chi connectivity index (χ1) is 15.4. The van der Waals surface area contributed by atoms with Gasteiger partial charge < -0.3 is 19.0 Å². The molecule has 7 heteroatoms. The molecule has 0 radical (unpaired) electrons. The minimum absolute atomic E-state index is 0.319. The lowest BCUT2D eigenvalue weighted by Crippen LogP contribution is -2.54. The van der Waals surface area contributed by atoms with Gasteiger partial charge in [-0.05, 0) is 69.0 Å². The Morgan fingerprint density at radius 2 is 2.00 bits per heavy atom. The quantitative estimate of drug-likeness (QED) is 0.531. The molecule has 4 aromatic heterocycles.